The van der Waals surface area contributed by atoms with Crippen LogP contribution in [0.2, 0.25) is 0 Å². The second kappa shape index (κ2) is 6.15. The van der Waals surface area contributed by atoms with Crippen LogP contribution in [0.5, 0.6) is 0 Å². The fourth-order valence-electron chi connectivity index (χ4n) is 2.45. The van der Waals surface area contributed by atoms with Gasteiger partial charge in [0, 0.05) is 17.1 Å². The average molecular weight is 302 g/mol. The lowest BCUT2D eigenvalue weighted by Crippen LogP contribution is -2.01. The Balaban J connectivity index is 1.73. The van der Waals surface area contributed by atoms with Gasteiger partial charge in [-0.2, -0.15) is 11.8 Å². The van der Waals surface area contributed by atoms with Crippen LogP contribution in [-0.4, -0.2) is 11.5 Å². The zero-order chi connectivity index (χ0) is 13.9. The van der Waals surface area contributed by atoms with E-state index in [0.29, 0.717) is 6.42 Å². The largest absolute Gasteiger partial charge is 0.293 e. The van der Waals surface area contributed by atoms with Gasteiger partial charge >= 0.3 is 0 Å². The summed E-state index contributed by atoms with van der Waals surface area (Å²) in [6, 6.07) is 10.5. The van der Waals surface area contributed by atoms with Gasteiger partial charge in [-0.25, -0.2) is 0 Å². The highest BCUT2D eigenvalue weighted by Gasteiger charge is 2.17. The molecule has 0 aliphatic carbocycles. The minimum atomic E-state index is 0.263. The molecule has 1 nitrogen and oxygen atoms in total. The van der Waals surface area contributed by atoms with Gasteiger partial charge in [0.15, 0.2) is 5.78 Å². The summed E-state index contributed by atoms with van der Waals surface area (Å²) in [4.78, 5) is 14.8. The van der Waals surface area contributed by atoms with Gasteiger partial charge in [-0.3, -0.25) is 4.79 Å². The number of hydrogen-bond acceptors (Lipinski definition) is 3. The Morgan fingerprint density at radius 2 is 1.95 bits per heavy atom. The van der Waals surface area contributed by atoms with Gasteiger partial charge in [-0.05, 0) is 41.4 Å². The molecule has 0 spiro atoms. The van der Waals surface area contributed by atoms with E-state index in [1.165, 1.54) is 21.8 Å². The van der Waals surface area contributed by atoms with Crippen LogP contribution in [0.15, 0.2) is 30.3 Å². The summed E-state index contributed by atoms with van der Waals surface area (Å²) >= 11 is 3.67. The number of thioether (sulfide) groups is 1. The lowest BCUT2D eigenvalue weighted by Gasteiger charge is -2.08. The van der Waals surface area contributed by atoms with Gasteiger partial charge in [0.25, 0.3) is 0 Å². The molecule has 2 aromatic rings. The number of aryl methyl sites for hydroxylation is 2. The normalized spacial score (nSPS) is 14.1. The Kier molecular flexibility index (Phi) is 4.27. The summed E-state index contributed by atoms with van der Waals surface area (Å²) < 4.78 is 0. The molecule has 0 bridgehead atoms. The highest BCUT2D eigenvalue weighted by atomic mass is 32.2. The molecule has 0 amide bonds. The average Bonchev–Trinajstić information content (AvgIpc) is 2.92. The number of ketones is 1. The zero-order valence-electron chi connectivity index (χ0n) is 11.6. The molecule has 0 atom stereocenters. The molecule has 1 aliphatic heterocycles. The first-order valence-corrected chi connectivity index (χ1v) is 9.03. The lowest BCUT2D eigenvalue weighted by molar-refractivity contribution is 0.0997. The van der Waals surface area contributed by atoms with E-state index >= 15 is 0 Å². The summed E-state index contributed by atoms with van der Waals surface area (Å²) in [6.45, 7) is 2.15. The second-order valence-electron chi connectivity index (χ2n) is 5.13. The third-order valence-electron chi connectivity index (χ3n) is 3.70. The molecule has 0 fully saturated rings. The predicted octanol–water partition coefficient (Wildman–Crippen LogP) is 4.53. The van der Waals surface area contributed by atoms with Gasteiger partial charge < -0.3 is 0 Å². The van der Waals surface area contributed by atoms with Crippen molar-refractivity contribution in [2.45, 2.75) is 31.9 Å². The van der Waals surface area contributed by atoms with Crippen LogP contribution < -0.4 is 0 Å². The quantitative estimate of drug-likeness (QED) is 0.772. The fourth-order valence-corrected chi connectivity index (χ4v) is 4.76. The Labute approximate surface area is 128 Å². The summed E-state index contributed by atoms with van der Waals surface area (Å²) in [7, 11) is 0. The number of Topliss-reactive ketones (excluding diaryl/α,β-unsaturated/α-hetero) is 1. The topological polar surface area (TPSA) is 17.1 Å². The molecule has 2 heterocycles. The molecule has 3 rings (SSSR count). The first-order chi connectivity index (χ1) is 9.76. The summed E-state index contributed by atoms with van der Waals surface area (Å²) in [5, 5.41) is 0. The van der Waals surface area contributed by atoms with Gasteiger partial charge in [-0.1, -0.05) is 31.2 Å². The minimum absolute atomic E-state index is 0.263. The van der Waals surface area contributed by atoms with Crippen LogP contribution in [-0.2, 0) is 25.0 Å². The molecular formula is C17H18OS2. The lowest BCUT2D eigenvalue weighted by atomic mass is 10.0. The highest BCUT2D eigenvalue weighted by molar-refractivity contribution is 7.98. The second-order valence-corrected chi connectivity index (χ2v) is 7.37. The molecule has 0 saturated carbocycles. The monoisotopic (exact) mass is 302 g/mol. The molecule has 1 aliphatic rings. The van der Waals surface area contributed by atoms with Crippen LogP contribution in [0.4, 0.5) is 0 Å². The van der Waals surface area contributed by atoms with E-state index in [4.69, 9.17) is 0 Å². The van der Waals surface area contributed by atoms with Crippen LogP contribution in [0.3, 0.4) is 0 Å². The highest BCUT2D eigenvalue weighted by Crippen LogP contribution is 2.32. The van der Waals surface area contributed by atoms with Crippen LogP contribution in [0.25, 0.3) is 0 Å². The van der Waals surface area contributed by atoms with Crippen LogP contribution >= 0.6 is 23.1 Å². The van der Waals surface area contributed by atoms with Crippen molar-refractivity contribution in [1.29, 1.82) is 0 Å². The fraction of sp³-hybridized carbons (Fsp3) is 0.353. The van der Waals surface area contributed by atoms with Gasteiger partial charge in [0.05, 0.1) is 4.88 Å². The van der Waals surface area contributed by atoms with Crippen molar-refractivity contribution in [3.8, 4) is 0 Å². The summed E-state index contributed by atoms with van der Waals surface area (Å²) in [5.41, 5.74) is 3.83. The number of carbonyl (C=O) groups is 1. The van der Waals surface area contributed by atoms with Crippen molar-refractivity contribution in [2.24, 2.45) is 0 Å². The number of carbonyl (C=O) groups excluding carboxylic acids is 1. The molecule has 20 heavy (non-hydrogen) atoms. The van der Waals surface area contributed by atoms with E-state index in [2.05, 4.69) is 37.3 Å². The van der Waals surface area contributed by atoms with Crippen LogP contribution in [0.1, 0.15) is 38.2 Å². The molecule has 104 valence electrons. The molecule has 3 heteroatoms. The Bertz CT molecular complexity index is 587. The summed E-state index contributed by atoms with van der Waals surface area (Å²) in [5.74, 6) is 2.53. The van der Waals surface area contributed by atoms with E-state index in [-0.39, 0.29) is 5.78 Å². The van der Waals surface area contributed by atoms with Crippen molar-refractivity contribution in [2.75, 3.05) is 5.75 Å². The molecule has 0 radical (unpaired) electrons. The number of rotatable bonds is 4. The number of fused-ring (bicyclic) bond motifs is 1. The van der Waals surface area contributed by atoms with Crippen molar-refractivity contribution >= 4 is 28.9 Å². The Morgan fingerprint density at radius 3 is 2.65 bits per heavy atom. The van der Waals surface area contributed by atoms with Crippen LogP contribution in [0, 0.1) is 0 Å². The Hall–Kier alpha value is -1.06. The van der Waals surface area contributed by atoms with E-state index < -0.39 is 0 Å². The van der Waals surface area contributed by atoms with Gasteiger partial charge in [-0.15, -0.1) is 11.3 Å². The molecule has 0 saturated heterocycles. The van der Waals surface area contributed by atoms with E-state index in [1.54, 1.807) is 11.3 Å². The maximum absolute atomic E-state index is 12.4. The molecular weight excluding hydrogens is 284 g/mol. The third kappa shape index (κ3) is 2.99. The maximum Gasteiger partial charge on any atom is 0.177 e. The zero-order valence-corrected chi connectivity index (χ0v) is 13.3. The first-order valence-electron chi connectivity index (χ1n) is 7.06. The number of hydrogen-bond donors (Lipinski definition) is 0. The van der Waals surface area contributed by atoms with E-state index in [0.717, 1.165) is 29.0 Å². The SMILES string of the molecule is CCc1ccc(CC(=O)c2cc3c(s2)CCSC3)cc1. The molecule has 1 aromatic carbocycles. The molecule has 1 aromatic heterocycles. The van der Waals surface area contributed by atoms with Crippen molar-refractivity contribution < 1.29 is 4.79 Å². The van der Waals surface area contributed by atoms with Gasteiger partial charge in [0.1, 0.15) is 0 Å². The maximum atomic E-state index is 12.4. The van der Waals surface area contributed by atoms with Crippen molar-refractivity contribution in [3.05, 3.63) is 56.8 Å². The third-order valence-corrected chi connectivity index (χ3v) is 5.98. The standard InChI is InChI=1S/C17H18OS2/c1-2-12-3-5-13(6-4-12)9-15(18)17-10-14-11-19-8-7-16(14)20-17/h3-6,10H,2,7-9,11H2,1H3. The number of thiophene rings is 1. The molecule has 0 unspecified atom stereocenters. The van der Waals surface area contributed by atoms with Crippen molar-refractivity contribution in [3.63, 3.8) is 0 Å². The smallest absolute Gasteiger partial charge is 0.177 e. The summed E-state index contributed by atoms with van der Waals surface area (Å²) in [6.07, 6.45) is 2.70. The molecule has 0 N–H and O–H groups in total. The Morgan fingerprint density at radius 1 is 1.20 bits per heavy atom. The van der Waals surface area contributed by atoms with Crippen molar-refractivity contribution in [1.82, 2.24) is 0 Å². The first kappa shape index (κ1) is 13.9. The van der Waals surface area contributed by atoms with Gasteiger partial charge in [0.2, 0.25) is 0 Å². The van der Waals surface area contributed by atoms with E-state index in [1.807, 2.05) is 11.8 Å². The van der Waals surface area contributed by atoms with E-state index in [9.17, 15) is 4.79 Å². The number of benzene rings is 1. The minimum Gasteiger partial charge on any atom is -0.293 e. The predicted molar refractivity (Wildman–Crippen MR) is 88.0 cm³/mol.